The first-order valence-corrected chi connectivity index (χ1v) is 6.52. The summed E-state index contributed by atoms with van der Waals surface area (Å²) in [4.78, 5) is 15.7. The van der Waals surface area contributed by atoms with Crippen LogP contribution < -0.4 is 5.73 Å². The molecule has 2 atom stereocenters. The fraction of sp³-hybridized carbons (Fsp3) is 0.917. The van der Waals surface area contributed by atoms with Crippen LogP contribution in [0.25, 0.3) is 0 Å². The third-order valence-corrected chi connectivity index (χ3v) is 3.70. The molecule has 0 saturated carbocycles. The number of amides is 1. The SMILES string of the molecule is CC[C@H](CO)N1CCN([C@H](CC)C(N)=O)CC1. The Morgan fingerprint density at radius 2 is 1.71 bits per heavy atom. The molecular weight excluding hydrogens is 218 g/mol. The Hall–Kier alpha value is -0.650. The van der Waals surface area contributed by atoms with Crippen LogP contribution in [0.3, 0.4) is 0 Å². The number of aliphatic hydroxyl groups is 1. The van der Waals surface area contributed by atoms with Gasteiger partial charge < -0.3 is 10.8 Å². The molecular formula is C12H25N3O2. The van der Waals surface area contributed by atoms with Crippen molar-refractivity contribution in [1.29, 1.82) is 0 Å². The van der Waals surface area contributed by atoms with E-state index >= 15 is 0 Å². The van der Waals surface area contributed by atoms with E-state index in [4.69, 9.17) is 5.73 Å². The average molecular weight is 243 g/mol. The first-order chi connectivity index (χ1) is 8.13. The maximum absolute atomic E-state index is 11.3. The van der Waals surface area contributed by atoms with E-state index in [1.165, 1.54) is 0 Å². The fourth-order valence-electron chi connectivity index (χ4n) is 2.56. The predicted octanol–water partition coefficient (Wildman–Crippen LogP) is -0.361. The number of piperazine rings is 1. The average Bonchev–Trinajstić information content (AvgIpc) is 2.33. The van der Waals surface area contributed by atoms with Gasteiger partial charge in [0.25, 0.3) is 0 Å². The molecule has 0 aromatic heterocycles. The summed E-state index contributed by atoms with van der Waals surface area (Å²) in [5.41, 5.74) is 5.39. The number of nitrogens with two attached hydrogens (primary N) is 1. The molecule has 0 aliphatic carbocycles. The molecule has 1 aliphatic rings. The molecule has 0 spiro atoms. The van der Waals surface area contributed by atoms with E-state index in [9.17, 15) is 9.90 Å². The minimum Gasteiger partial charge on any atom is -0.395 e. The van der Waals surface area contributed by atoms with E-state index in [0.29, 0.717) is 0 Å². The molecule has 0 aromatic rings. The van der Waals surface area contributed by atoms with Crippen molar-refractivity contribution in [3.8, 4) is 0 Å². The lowest BCUT2D eigenvalue weighted by molar-refractivity contribution is -0.124. The van der Waals surface area contributed by atoms with Gasteiger partial charge in [-0.25, -0.2) is 0 Å². The van der Waals surface area contributed by atoms with Gasteiger partial charge in [0.15, 0.2) is 0 Å². The zero-order valence-corrected chi connectivity index (χ0v) is 10.9. The molecule has 1 saturated heterocycles. The van der Waals surface area contributed by atoms with Gasteiger partial charge >= 0.3 is 0 Å². The van der Waals surface area contributed by atoms with Gasteiger partial charge in [0.2, 0.25) is 5.91 Å². The van der Waals surface area contributed by atoms with Crippen LogP contribution in [-0.2, 0) is 4.79 Å². The monoisotopic (exact) mass is 243 g/mol. The van der Waals surface area contributed by atoms with Crippen LogP contribution in [0.1, 0.15) is 26.7 Å². The highest BCUT2D eigenvalue weighted by Crippen LogP contribution is 2.12. The van der Waals surface area contributed by atoms with Gasteiger partial charge in [-0.2, -0.15) is 0 Å². The lowest BCUT2D eigenvalue weighted by atomic mass is 10.1. The van der Waals surface area contributed by atoms with Crippen molar-refractivity contribution in [2.75, 3.05) is 32.8 Å². The molecule has 1 amide bonds. The first kappa shape index (κ1) is 14.4. The van der Waals surface area contributed by atoms with E-state index < -0.39 is 0 Å². The van der Waals surface area contributed by atoms with Crippen LogP contribution in [0, 0.1) is 0 Å². The summed E-state index contributed by atoms with van der Waals surface area (Å²) in [5, 5.41) is 9.26. The highest BCUT2D eigenvalue weighted by molar-refractivity contribution is 5.79. The fourth-order valence-corrected chi connectivity index (χ4v) is 2.56. The molecule has 5 nitrogen and oxygen atoms in total. The molecule has 1 rings (SSSR count). The summed E-state index contributed by atoms with van der Waals surface area (Å²) in [5.74, 6) is -0.227. The van der Waals surface area contributed by atoms with E-state index in [2.05, 4.69) is 16.7 Å². The summed E-state index contributed by atoms with van der Waals surface area (Å²) in [6, 6.07) is 0.122. The largest absolute Gasteiger partial charge is 0.395 e. The minimum atomic E-state index is -0.227. The maximum atomic E-state index is 11.3. The first-order valence-electron chi connectivity index (χ1n) is 6.52. The Morgan fingerprint density at radius 3 is 2.06 bits per heavy atom. The number of hydrogen-bond acceptors (Lipinski definition) is 4. The van der Waals surface area contributed by atoms with Crippen molar-refractivity contribution in [3.05, 3.63) is 0 Å². The van der Waals surface area contributed by atoms with Crippen molar-refractivity contribution in [3.63, 3.8) is 0 Å². The van der Waals surface area contributed by atoms with Gasteiger partial charge in [0.05, 0.1) is 12.6 Å². The maximum Gasteiger partial charge on any atom is 0.234 e. The van der Waals surface area contributed by atoms with Crippen LogP contribution in [0.4, 0.5) is 0 Å². The van der Waals surface area contributed by atoms with E-state index in [1.807, 2.05) is 6.92 Å². The molecule has 100 valence electrons. The number of nitrogens with zero attached hydrogens (tertiary/aromatic N) is 2. The van der Waals surface area contributed by atoms with Gasteiger partial charge in [-0.05, 0) is 12.8 Å². The molecule has 17 heavy (non-hydrogen) atoms. The smallest absolute Gasteiger partial charge is 0.234 e. The molecule has 3 N–H and O–H groups in total. The lowest BCUT2D eigenvalue weighted by Crippen LogP contribution is -2.56. The second-order valence-corrected chi connectivity index (χ2v) is 4.64. The Balaban J connectivity index is 2.47. The van der Waals surface area contributed by atoms with E-state index in [0.717, 1.165) is 39.0 Å². The highest BCUT2D eigenvalue weighted by Gasteiger charge is 2.28. The standard InChI is InChI=1S/C12H25N3O2/c1-3-10(9-16)14-5-7-15(8-6-14)11(4-2)12(13)17/h10-11,16H,3-9H2,1-2H3,(H2,13,17)/t10-,11-/m1/s1. The van der Waals surface area contributed by atoms with Crippen molar-refractivity contribution in [2.24, 2.45) is 5.73 Å². The normalized spacial score (nSPS) is 22.3. The van der Waals surface area contributed by atoms with E-state index in [-0.39, 0.29) is 24.6 Å². The number of carbonyl (C=O) groups excluding carboxylic acids is 1. The molecule has 0 bridgehead atoms. The van der Waals surface area contributed by atoms with Crippen LogP contribution in [0.2, 0.25) is 0 Å². The zero-order valence-electron chi connectivity index (χ0n) is 10.9. The summed E-state index contributed by atoms with van der Waals surface area (Å²) < 4.78 is 0. The quantitative estimate of drug-likeness (QED) is 0.668. The van der Waals surface area contributed by atoms with Gasteiger partial charge in [-0.3, -0.25) is 14.6 Å². The number of primary amides is 1. The number of carbonyl (C=O) groups is 1. The van der Waals surface area contributed by atoms with Crippen LogP contribution >= 0.6 is 0 Å². The Kier molecular flexibility index (Phi) is 5.88. The number of aliphatic hydroxyl groups excluding tert-OH is 1. The third-order valence-electron chi connectivity index (χ3n) is 3.70. The summed E-state index contributed by atoms with van der Waals surface area (Å²) in [6.07, 6.45) is 1.73. The molecule has 5 heteroatoms. The molecule has 1 fully saturated rings. The van der Waals surface area contributed by atoms with Crippen molar-refractivity contribution < 1.29 is 9.90 Å². The molecule has 1 aliphatic heterocycles. The highest BCUT2D eigenvalue weighted by atomic mass is 16.3. The van der Waals surface area contributed by atoms with Crippen molar-refractivity contribution in [2.45, 2.75) is 38.8 Å². The summed E-state index contributed by atoms with van der Waals surface area (Å²) in [6.45, 7) is 7.82. The van der Waals surface area contributed by atoms with Gasteiger partial charge in [0, 0.05) is 32.2 Å². The lowest BCUT2D eigenvalue weighted by Gasteiger charge is -2.40. The molecule has 1 heterocycles. The molecule has 0 unspecified atom stereocenters. The minimum absolute atomic E-state index is 0.133. The van der Waals surface area contributed by atoms with Crippen molar-refractivity contribution >= 4 is 5.91 Å². The topological polar surface area (TPSA) is 69.8 Å². The van der Waals surface area contributed by atoms with Crippen LogP contribution in [0.15, 0.2) is 0 Å². The van der Waals surface area contributed by atoms with Gasteiger partial charge in [0.1, 0.15) is 0 Å². The third kappa shape index (κ3) is 3.66. The van der Waals surface area contributed by atoms with Crippen LogP contribution in [-0.4, -0.2) is 65.7 Å². The van der Waals surface area contributed by atoms with E-state index in [1.54, 1.807) is 0 Å². The van der Waals surface area contributed by atoms with Gasteiger partial charge in [-0.15, -0.1) is 0 Å². The van der Waals surface area contributed by atoms with Crippen molar-refractivity contribution in [1.82, 2.24) is 9.80 Å². The Labute approximate surface area is 104 Å². The second-order valence-electron chi connectivity index (χ2n) is 4.64. The Morgan fingerprint density at radius 1 is 1.18 bits per heavy atom. The second kappa shape index (κ2) is 6.93. The zero-order chi connectivity index (χ0) is 12.8. The Bertz CT molecular complexity index is 236. The molecule has 0 radical (unpaired) electrons. The number of hydrogen-bond donors (Lipinski definition) is 2. The number of rotatable bonds is 6. The predicted molar refractivity (Wildman–Crippen MR) is 67.6 cm³/mol. The summed E-state index contributed by atoms with van der Waals surface area (Å²) in [7, 11) is 0. The summed E-state index contributed by atoms with van der Waals surface area (Å²) >= 11 is 0. The van der Waals surface area contributed by atoms with Crippen LogP contribution in [0.5, 0.6) is 0 Å². The molecule has 0 aromatic carbocycles. The van der Waals surface area contributed by atoms with Gasteiger partial charge in [-0.1, -0.05) is 13.8 Å².